The van der Waals surface area contributed by atoms with Gasteiger partial charge < -0.3 is 10.8 Å². The highest BCUT2D eigenvalue weighted by Crippen LogP contribution is 2.26. The van der Waals surface area contributed by atoms with Crippen molar-refractivity contribution in [3.8, 4) is 16.9 Å². The molecule has 2 aromatic carbocycles. The predicted octanol–water partition coefficient (Wildman–Crippen LogP) is 3.30. The largest absolute Gasteiger partial charge is 0.508 e. The molecule has 0 heterocycles. The lowest BCUT2D eigenvalue weighted by atomic mass is 10.0. The van der Waals surface area contributed by atoms with E-state index in [2.05, 4.69) is 6.58 Å². The van der Waals surface area contributed by atoms with Gasteiger partial charge in [0.05, 0.1) is 0 Å². The molecule has 2 rings (SSSR count). The number of phenolic OH excluding ortho intramolecular Hbond substituents is 1. The van der Waals surface area contributed by atoms with Crippen molar-refractivity contribution >= 4 is 5.70 Å². The predicted molar refractivity (Wildman–Crippen MR) is 71.5 cm³/mol. The third-order valence-corrected chi connectivity index (χ3v) is 2.76. The minimum absolute atomic E-state index is 0.313. The standard InChI is InChI=1S/C15H15NO/c1-10-8-14(6-7-15(10)17)13-5-3-4-12(9-13)11(2)16/h3-9,17H,2,16H2,1H3. The van der Waals surface area contributed by atoms with E-state index >= 15 is 0 Å². The van der Waals surface area contributed by atoms with Gasteiger partial charge in [-0.1, -0.05) is 30.8 Å². The maximum Gasteiger partial charge on any atom is 0.118 e. The lowest BCUT2D eigenvalue weighted by Gasteiger charge is -2.07. The summed E-state index contributed by atoms with van der Waals surface area (Å²) in [6, 6.07) is 13.4. The maximum atomic E-state index is 9.50. The molecule has 2 nitrogen and oxygen atoms in total. The van der Waals surface area contributed by atoms with Crippen molar-refractivity contribution in [2.24, 2.45) is 5.73 Å². The highest BCUT2D eigenvalue weighted by Gasteiger charge is 2.02. The number of phenols is 1. The molecule has 0 spiro atoms. The van der Waals surface area contributed by atoms with Crippen LogP contribution in [0.25, 0.3) is 16.8 Å². The molecular formula is C15H15NO. The average Bonchev–Trinajstić information content (AvgIpc) is 2.33. The van der Waals surface area contributed by atoms with Crippen molar-refractivity contribution in [1.82, 2.24) is 0 Å². The van der Waals surface area contributed by atoms with Gasteiger partial charge in [0.15, 0.2) is 0 Å². The van der Waals surface area contributed by atoms with Gasteiger partial charge in [0, 0.05) is 5.70 Å². The summed E-state index contributed by atoms with van der Waals surface area (Å²) in [5.74, 6) is 0.313. The van der Waals surface area contributed by atoms with Crippen LogP contribution in [-0.4, -0.2) is 5.11 Å². The third kappa shape index (κ3) is 2.31. The van der Waals surface area contributed by atoms with Crippen LogP contribution in [0.15, 0.2) is 49.0 Å². The molecule has 17 heavy (non-hydrogen) atoms. The van der Waals surface area contributed by atoms with Gasteiger partial charge in [-0.25, -0.2) is 0 Å². The Labute approximate surface area is 101 Å². The molecule has 3 N–H and O–H groups in total. The summed E-state index contributed by atoms with van der Waals surface area (Å²) >= 11 is 0. The van der Waals surface area contributed by atoms with Gasteiger partial charge in [-0.2, -0.15) is 0 Å². The molecule has 0 atom stereocenters. The topological polar surface area (TPSA) is 46.2 Å². The van der Waals surface area contributed by atoms with Crippen molar-refractivity contribution in [2.45, 2.75) is 6.92 Å². The van der Waals surface area contributed by atoms with Crippen molar-refractivity contribution in [3.63, 3.8) is 0 Å². The minimum atomic E-state index is 0.313. The Kier molecular flexibility index (Phi) is 2.88. The first-order valence-electron chi connectivity index (χ1n) is 5.43. The van der Waals surface area contributed by atoms with E-state index < -0.39 is 0 Å². The molecule has 0 aliphatic carbocycles. The zero-order valence-electron chi connectivity index (χ0n) is 9.77. The molecule has 0 amide bonds. The summed E-state index contributed by atoms with van der Waals surface area (Å²) in [5.41, 5.74) is 10.1. The van der Waals surface area contributed by atoms with E-state index in [1.54, 1.807) is 6.07 Å². The summed E-state index contributed by atoms with van der Waals surface area (Å²) in [6.07, 6.45) is 0. The van der Waals surface area contributed by atoms with Crippen LogP contribution in [0.4, 0.5) is 0 Å². The van der Waals surface area contributed by atoms with E-state index in [4.69, 9.17) is 5.73 Å². The fraction of sp³-hybridized carbons (Fsp3) is 0.0667. The van der Waals surface area contributed by atoms with Crippen LogP contribution in [0.3, 0.4) is 0 Å². The number of aromatic hydroxyl groups is 1. The Morgan fingerprint density at radius 2 is 1.82 bits per heavy atom. The van der Waals surface area contributed by atoms with Crippen LogP contribution in [0.5, 0.6) is 5.75 Å². The molecule has 2 heteroatoms. The number of rotatable bonds is 2. The number of benzene rings is 2. The zero-order chi connectivity index (χ0) is 12.4. The molecule has 0 saturated carbocycles. The van der Waals surface area contributed by atoms with Gasteiger partial charge in [0.2, 0.25) is 0 Å². The van der Waals surface area contributed by atoms with Crippen LogP contribution < -0.4 is 5.73 Å². The summed E-state index contributed by atoms with van der Waals surface area (Å²) in [6.45, 7) is 5.61. The summed E-state index contributed by atoms with van der Waals surface area (Å²) < 4.78 is 0. The van der Waals surface area contributed by atoms with E-state index in [1.165, 1.54) is 0 Å². The second-order valence-electron chi connectivity index (χ2n) is 4.11. The van der Waals surface area contributed by atoms with Crippen LogP contribution >= 0.6 is 0 Å². The molecule has 0 radical (unpaired) electrons. The molecule has 0 unspecified atom stereocenters. The monoisotopic (exact) mass is 225 g/mol. The molecule has 0 fully saturated rings. The minimum Gasteiger partial charge on any atom is -0.508 e. The SMILES string of the molecule is C=C(N)c1cccc(-c2ccc(O)c(C)c2)c1. The van der Waals surface area contributed by atoms with Crippen LogP contribution in [0.1, 0.15) is 11.1 Å². The van der Waals surface area contributed by atoms with Crippen molar-refractivity contribution < 1.29 is 5.11 Å². The van der Waals surface area contributed by atoms with E-state index in [0.717, 1.165) is 22.3 Å². The zero-order valence-corrected chi connectivity index (χ0v) is 9.77. The second kappa shape index (κ2) is 4.34. The maximum absolute atomic E-state index is 9.50. The lowest BCUT2D eigenvalue weighted by Crippen LogP contribution is -1.93. The quantitative estimate of drug-likeness (QED) is 0.823. The number of aryl methyl sites for hydroxylation is 1. The molecule has 2 aromatic rings. The van der Waals surface area contributed by atoms with E-state index in [9.17, 15) is 5.11 Å². The molecule has 0 aliphatic heterocycles. The fourth-order valence-corrected chi connectivity index (χ4v) is 1.73. The second-order valence-corrected chi connectivity index (χ2v) is 4.11. The van der Waals surface area contributed by atoms with E-state index in [-0.39, 0.29) is 0 Å². The van der Waals surface area contributed by atoms with Gasteiger partial charge in [-0.05, 0) is 47.4 Å². The van der Waals surface area contributed by atoms with E-state index in [1.807, 2.05) is 43.3 Å². The number of nitrogens with two attached hydrogens (primary N) is 1. The Bertz CT molecular complexity index is 573. The highest BCUT2D eigenvalue weighted by atomic mass is 16.3. The van der Waals surface area contributed by atoms with Crippen molar-refractivity contribution in [2.75, 3.05) is 0 Å². The van der Waals surface area contributed by atoms with E-state index in [0.29, 0.717) is 11.4 Å². The van der Waals surface area contributed by atoms with Gasteiger partial charge in [-0.15, -0.1) is 0 Å². The highest BCUT2D eigenvalue weighted by molar-refractivity contribution is 5.71. The molecule has 0 aliphatic rings. The summed E-state index contributed by atoms with van der Waals surface area (Å²) in [4.78, 5) is 0. The van der Waals surface area contributed by atoms with Gasteiger partial charge in [0.25, 0.3) is 0 Å². The average molecular weight is 225 g/mol. The summed E-state index contributed by atoms with van der Waals surface area (Å²) in [7, 11) is 0. The Morgan fingerprint density at radius 1 is 1.12 bits per heavy atom. The van der Waals surface area contributed by atoms with Crippen molar-refractivity contribution in [3.05, 3.63) is 60.2 Å². The molecule has 0 aromatic heterocycles. The normalized spacial score (nSPS) is 10.2. The Morgan fingerprint density at radius 3 is 2.47 bits per heavy atom. The lowest BCUT2D eigenvalue weighted by molar-refractivity contribution is 0.471. The molecular weight excluding hydrogens is 210 g/mol. The fourth-order valence-electron chi connectivity index (χ4n) is 1.73. The number of hydrogen-bond donors (Lipinski definition) is 2. The number of hydrogen-bond acceptors (Lipinski definition) is 2. The van der Waals surface area contributed by atoms with Crippen LogP contribution in [-0.2, 0) is 0 Å². The Hall–Kier alpha value is -2.22. The summed E-state index contributed by atoms with van der Waals surface area (Å²) in [5, 5.41) is 9.50. The molecule has 86 valence electrons. The third-order valence-electron chi connectivity index (χ3n) is 2.76. The molecule has 0 saturated heterocycles. The first kappa shape index (κ1) is 11.3. The van der Waals surface area contributed by atoms with Crippen LogP contribution in [0.2, 0.25) is 0 Å². The van der Waals surface area contributed by atoms with Crippen molar-refractivity contribution in [1.29, 1.82) is 0 Å². The first-order valence-corrected chi connectivity index (χ1v) is 5.43. The smallest absolute Gasteiger partial charge is 0.118 e. The van der Waals surface area contributed by atoms with Gasteiger partial charge in [0.1, 0.15) is 5.75 Å². The Balaban J connectivity index is 2.49. The van der Waals surface area contributed by atoms with Gasteiger partial charge in [-0.3, -0.25) is 0 Å². The van der Waals surface area contributed by atoms with Crippen LogP contribution in [0, 0.1) is 6.92 Å². The first-order chi connectivity index (χ1) is 8.08. The molecule has 0 bridgehead atoms. The van der Waals surface area contributed by atoms with Gasteiger partial charge >= 0.3 is 0 Å².